The molecule has 2 fully saturated rings. The van der Waals surface area contributed by atoms with E-state index in [1.54, 1.807) is 11.4 Å². The number of nitrogens with two attached hydrogens (primary N) is 1. The van der Waals surface area contributed by atoms with Crippen LogP contribution in [0, 0.1) is 5.92 Å². The maximum absolute atomic E-state index is 13.0. The maximum Gasteiger partial charge on any atom is 0.274 e. The molecule has 3 aliphatic heterocycles. The fourth-order valence-corrected chi connectivity index (χ4v) is 7.46. The van der Waals surface area contributed by atoms with Crippen molar-refractivity contribution in [1.29, 1.82) is 0 Å². The summed E-state index contributed by atoms with van der Waals surface area (Å²) >= 11 is 0. The first-order chi connectivity index (χ1) is 14.2. The van der Waals surface area contributed by atoms with Crippen LogP contribution in [-0.2, 0) is 26.7 Å². The molecule has 1 aromatic carbocycles. The molecular formula is C19H30N4O5S2. The first-order valence-electron chi connectivity index (χ1n) is 10.4. The highest BCUT2D eigenvalue weighted by Gasteiger charge is 2.47. The number of ether oxygens (including phenoxy) is 1. The van der Waals surface area contributed by atoms with Gasteiger partial charge in [0.15, 0.2) is 0 Å². The summed E-state index contributed by atoms with van der Waals surface area (Å²) in [7, 11) is -5.59. The number of hydrogen-bond acceptors (Lipinski definition) is 6. The van der Waals surface area contributed by atoms with E-state index in [2.05, 4.69) is 21.8 Å². The number of hydrogen-bond donors (Lipinski definition) is 2. The lowest BCUT2D eigenvalue weighted by Crippen LogP contribution is -2.51. The van der Waals surface area contributed by atoms with Gasteiger partial charge in [0, 0.05) is 38.3 Å². The van der Waals surface area contributed by atoms with Gasteiger partial charge in [0.25, 0.3) is 10.2 Å². The van der Waals surface area contributed by atoms with Crippen molar-refractivity contribution in [2.45, 2.75) is 37.8 Å². The minimum atomic E-state index is -3.80. The van der Waals surface area contributed by atoms with Crippen LogP contribution in [0.4, 0.5) is 0 Å². The molecule has 0 bridgehead atoms. The van der Waals surface area contributed by atoms with Gasteiger partial charge in [-0.05, 0) is 54.9 Å². The van der Waals surface area contributed by atoms with Crippen molar-refractivity contribution in [3.63, 3.8) is 0 Å². The fourth-order valence-electron chi connectivity index (χ4n) is 5.23. The summed E-state index contributed by atoms with van der Waals surface area (Å²) in [6.45, 7) is 2.46. The molecule has 3 aliphatic rings. The molecule has 0 saturated carbocycles. The lowest BCUT2D eigenvalue weighted by atomic mass is 9.81. The van der Waals surface area contributed by atoms with Gasteiger partial charge >= 0.3 is 0 Å². The summed E-state index contributed by atoms with van der Waals surface area (Å²) in [6, 6.07) is 6.42. The molecule has 9 nitrogen and oxygen atoms in total. The highest BCUT2D eigenvalue weighted by molar-refractivity contribution is 7.89. The van der Waals surface area contributed by atoms with E-state index in [0.29, 0.717) is 12.5 Å². The molecule has 0 radical (unpaired) electrons. The predicted octanol–water partition coefficient (Wildman–Crippen LogP) is 0.202. The van der Waals surface area contributed by atoms with Gasteiger partial charge in [-0.15, -0.1) is 0 Å². The van der Waals surface area contributed by atoms with Gasteiger partial charge in [-0.2, -0.15) is 12.7 Å². The molecule has 3 N–H and O–H groups in total. The summed E-state index contributed by atoms with van der Waals surface area (Å²) in [5.41, 5.74) is 2.57. The van der Waals surface area contributed by atoms with Gasteiger partial charge < -0.3 is 4.74 Å². The lowest BCUT2D eigenvalue weighted by Gasteiger charge is -2.46. The number of nitrogens with one attached hydrogen (secondary N) is 1. The summed E-state index contributed by atoms with van der Waals surface area (Å²) in [6.07, 6.45) is 2.85. The van der Waals surface area contributed by atoms with Gasteiger partial charge in [-0.25, -0.2) is 18.3 Å². The largest absolute Gasteiger partial charge is 0.497 e. The van der Waals surface area contributed by atoms with E-state index < -0.39 is 20.2 Å². The highest BCUT2D eigenvalue weighted by Crippen LogP contribution is 2.44. The minimum Gasteiger partial charge on any atom is -0.497 e. The molecule has 168 valence electrons. The van der Waals surface area contributed by atoms with Gasteiger partial charge in [-0.3, -0.25) is 4.90 Å². The molecule has 0 amide bonds. The average molecular weight is 459 g/mol. The van der Waals surface area contributed by atoms with Crippen molar-refractivity contribution in [1.82, 2.24) is 13.9 Å². The summed E-state index contributed by atoms with van der Waals surface area (Å²) in [5, 5.41) is 4.90. The Hall–Kier alpha value is -1.24. The predicted molar refractivity (Wildman–Crippen MR) is 114 cm³/mol. The smallest absolute Gasteiger partial charge is 0.274 e. The van der Waals surface area contributed by atoms with E-state index in [1.165, 1.54) is 11.1 Å². The van der Waals surface area contributed by atoms with E-state index in [1.807, 2.05) is 6.07 Å². The number of fused-ring (bicyclic) bond motifs is 4. The van der Waals surface area contributed by atoms with Crippen LogP contribution in [0.25, 0.3) is 0 Å². The SMILES string of the molecule is COc1ccc2c(c1)CCN1CC3CCN(S(=O)(=O)CCCNS(N)(=O)=O)C3CC21. The van der Waals surface area contributed by atoms with Crippen LogP contribution >= 0.6 is 0 Å². The summed E-state index contributed by atoms with van der Waals surface area (Å²) in [4.78, 5) is 2.50. The van der Waals surface area contributed by atoms with Crippen LogP contribution in [0.5, 0.6) is 5.75 Å². The van der Waals surface area contributed by atoms with Crippen molar-refractivity contribution < 1.29 is 21.6 Å². The zero-order valence-corrected chi connectivity index (χ0v) is 18.8. The van der Waals surface area contributed by atoms with E-state index in [-0.39, 0.29) is 30.8 Å². The number of benzene rings is 1. The summed E-state index contributed by atoms with van der Waals surface area (Å²) < 4.78 is 57.1. The van der Waals surface area contributed by atoms with Gasteiger partial charge in [-0.1, -0.05) is 6.07 Å². The molecule has 0 spiro atoms. The minimum absolute atomic E-state index is 0.00416. The molecule has 3 atom stereocenters. The standard InChI is InChI=1S/C19H30N4O5S2/c1-28-16-3-4-17-14(11-16)5-8-22-13-15-6-9-23(18(15)12-19(17)22)29(24,25)10-2-7-21-30(20,26)27/h3-4,11,15,18-19,21H,2,5-10,12-13H2,1H3,(H2,20,26,27). The van der Waals surface area contributed by atoms with E-state index in [4.69, 9.17) is 9.88 Å². The summed E-state index contributed by atoms with van der Waals surface area (Å²) in [5.74, 6) is 1.12. The molecule has 3 heterocycles. The molecule has 11 heteroatoms. The van der Waals surface area contributed by atoms with Gasteiger partial charge in [0.05, 0.1) is 12.9 Å². The second kappa shape index (κ2) is 8.36. The number of piperidine rings is 1. The Labute approximate surface area is 178 Å². The molecular weight excluding hydrogens is 428 g/mol. The third kappa shape index (κ3) is 4.51. The molecule has 0 aromatic heterocycles. The second-order valence-corrected chi connectivity index (χ2v) is 11.8. The Bertz CT molecular complexity index is 998. The maximum atomic E-state index is 13.0. The van der Waals surface area contributed by atoms with Crippen LogP contribution in [0.1, 0.15) is 36.4 Å². The van der Waals surface area contributed by atoms with Gasteiger partial charge in [0.2, 0.25) is 10.0 Å². The Balaban J connectivity index is 1.47. The Morgan fingerprint density at radius 3 is 2.77 bits per heavy atom. The Morgan fingerprint density at radius 2 is 2.03 bits per heavy atom. The molecule has 4 rings (SSSR count). The fraction of sp³-hybridized carbons (Fsp3) is 0.684. The topological polar surface area (TPSA) is 122 Å². The normalized spacial score (nSPS) is 27.3. The highest BCUT2D eigenvalue weighted by atomic mass is 32.2. The second-order valence-electron chi connectivity index (χ2n) is 8.40. The Kier molecular flexibility index (Phi) is 6.12. The van der Waals surface area contributed by atoms with E-state index in [9.17, 15) is 16.8 Å². The zero-order valence-electron chi connectivity index (χ0n) is 17.2. The van der Waals surface area contributed by atoms with Gasteiger partial charge in [0.1, 0.15) is 5.75 Å². The van der Waals surface area contributed by atoms with Crippen LogP contribution < -0.4 is 14.6 Å². The zero-order chi connectivity index (χ0) is 21.5. The van der Waals surface area contributed by atoms with Crippen molar-refractivity contribution >= 4 is 20.2 Å². The Morgan fingerprint density at radius 1 is 1.23 bits per heavy atom. The van der Waals surface area contributed by atoms with Crippen molar-refractivity contribution in [3.8, 4) is 5.75 Å². The van der Waals surface area contributed by atoms with E-state index >= 15 is 0 Å². The van der Waals surface area contributed by atoms with Crippen LogP contribution in [0.15, 0.2) is 18.2 Å². The molecule has 30 heavy (non-hydrogen) atoms. The average Bonchev–Trinajstić information content (AvgIpc) is 3.12. The monoisotopic (exact) mass is 458 g/mol. The molecule has 3 unspecified atom stereocenters. The number of methoxy groups -OCH3 is 1. The van der Waals surface area contributed by atoms with Crippen LogP contribution in [0.2, 0.25) is 0 Å². The van der Waals surface area contributed by atoms with Crippen molar-refractivity contribution in [2.24, 2.45) is 11.1 Å². The molecule has 2 saturated heterocycles. The first kappa shape index (κ1) is 22.0. The lowest BCUT2D eigenvalue weighted by molar-refractivity contribution is 0.0736. The van der Waals surface area contributed by atoms with E-state index in [0.717, 1.165) is 38.1 Å². The third-order valence-corrected chi connectivity index (χ3v) is 9.21. The van der Waals surface area contributed by atoms with Crippen LogP contribution in [0.3, 0.4) is 0 Å². The third-order valence-electron chi connectivity index (χ3n) is 6.63. The number of rotatable bonds is 7. The number of nitrogens with zero attached hydrogens (tertiary/aromatic N) is 2. The van der Waals surface area contributed by atoms with Crippen molar-refractivity contribution in [3.05, 3.63) is 29.3 Å². The van der Waals surface area contributed by atoms with Crippen LogP contribution in [-0.4, -0.2) is 71.1 Å². The number of sulfonamides is 1. The van der Waals surface area contributed by atoms with Crippen molar-refractivity contribution in [2.75, 3.05) is 39.0 Å². The molecule has 0 aliphatic carbocycles. The first-order valence-corrected chi connectivity index (χ1v) is 13.5. The molecule has 1 aromatic rings. The quantitative estimate of drug-likeness (QED) is 0.563.